The van der Waals surface area contributed by atoms with Crippen LogP contribution < -0.4 is 5.56 Å². The molecule has 72 valence electrons. The molecular formula is C8H11IN2O2. The van der Waals surface area contributed by atoms with Crippen LogP contribution >= 0.6 is 22.6 Å². The van der Waals surface area contributed by atoms with Gasteiger partial charge in [0.15, 0.2) is 0 Å². The maximum atomic E-state index is 11.2. The standard InChI is InChI=1S/C8H11IN2O2/c1-5(4-13-2)7-10-3-6(9)8(12)11-7/h3,5H,4H2,1-2H3,(H,10,11,12). The fraction of sp³-hybridized carbons (Fsp3) is 0.500. The Kier molecular flexibility index (Phi) is 3.86. The molecule has 0 aromatic carbocycles. The minimum Gasteiger partial charge on any atom is -0.384 e. The maximum Gasteiger partial charge on any atom is 0.264 e. The fourth-order valence-electron chi connectivity index (χ4n) is 0.973. The van der Waals surface area contributed by atoms with E-state index in [2.05, 4.69) is 9.97 Å². The third-order valence-corrected chi connectivity index (χ3v) is 2.43. The first-order valence-electron chi connectivity index (χ1n) is 3.88. The largest absolute Gasteiger partial charge is 0.384 e. The minimum absolute atomic E-state index is 0.0893. The van der Waals surface area contributed by atoms with Gasteiger partial charge < -0.3 is 9.72 Å². The highest BCUT2D eigenvalue weighted by atomic mass is 127. The highest BCUT2D eigenvalue weighted by Gasteiger charge is 2.08. The molecule has 1 heterocycles. The summed E-state index contributed by atoms with van der Waals surface area (Å²) in [5.74, 6) is 0.793. The summed E-state index contributed by atoms with van der Waals surface area (Å²) in [6, 6.07) is 0. The number of methoxy groups -OCH3 is 1. The average molecular weight is 294 g/mol. The lowest BCUT2D eigenvalue weighted by atomic mass is 10.2. The number of rotatable bonds is 3. The summed E-state index contributed by atoms with van der Waals surface area (Å²) in [4.78, 5) is 18.0. The van der Waals surface area contributed by atoms with E-state index in [1.54, 1.807) is 13.3 Å². The van der Waals surface area contributed by atoms with Gasteiger partial charge in [-0.15, -0.1) is 0 Å². The van der Waals surface area contributed by atoms with Crippen molar-refractivity contribution >= 4 is 22.6 Å². The topological polar surface area (TPSA) is 55.0 Å². The molecule has 5 heteroatoms. The summed E-state index contributed by atoms with van der Waals surface area (Å²) in [6.45, 7) is 2.51. The zero-order chi connectivity index (χ0) is 9.84. The average Bonchev–Trinajstić information content (AvgIpc) is 2.10. The molecule has 0 aliphatic rings. The number of aromatic amines is 1. The molecule has 0 bridgehead atoms. The molecule has 4 nitrogen and oxygen atoms in total. The molecule has 13 heavy (non-hydrogen) atoms. The van der Waals surface area contributed by atoms with E-state index in [0.29, 0.717) is 16.0 Å². The lowest BCUT2D eigenvalue weighted by Gasteiger charge is -2.08. The van der Waals surface area contributed by atoms with Crippen LogP contribution in [0.1, 0.15) is 18.7 Å². The molecule has 0 saturated heterocycles. The summed E-state index contributed by atoms with van der Waals surface area (Å²) in [5.41, 5.74) is -0.0893. The van der Waals surface area contributed by atoms with E-state index in [1.165, 1.54) is 0 Å². The molecule has 0 spiro atoms. The molecule has 0 fully saturated rings. The molecule has 1 rings (SSSR count). The molecule has 1 aromatic rings. The highest BCUT2D eigenvalue weighted by molar-refractivity contribution is 14.1. The first-order chi connectivity index (χ1) is 6.15. The van der Waals surface area contributed by atoms with Crippen LogP contribution in [-0.4, -0.2) is 23.7 Å². The number of nitrogens with zero attached hydrogens (tertiary/aromatic N) is 1. The van der Waals surface area contributed by atoms with E-state index in [0.717, 1.165) is 0 Å². The van der Waals surface area contributed by atoms with Gasteiger partial charge in [-0.05, 0) is 22.6 Å². The van der Waals surface area contributed by atoms with E-state index in [4.69, 9.17) is 4.74 Å². The second-order valence-electron chi connectivity index (χ2n) is 2.80. The lowest BCUT2D eigenvalue weighted by Crippen LogP contribution is -2.17. The van der Waals surface area contributed by atoms with Crippen LogP contribution in [0, 0.1) is 3.57 Å². The minimum atomic E-state index is -0.0893. The second kappa shape index (κ2) is 4.71. The lowest BCUT2D eigenvalue weighted by molar-refractivity contribution is 0.181. The molecule has 1 aromatic heterocycles. The molecule has 1 atom stereocenters. The Morgan fingerprint density at radius 3 is 3.00 bits per heavy atom. The van der Waals surface area contributed by atoms with Crippen molar-refractivity contribution in [3.63, 3.8) is 0 Å². The Labute approximate surface area is 89.9 Å². The summed E-state index contributed by atoms with van der Waals surface area (Å²) in [7, 11) is 1.63. The first kappa shape index (κ1) is 10.6. The third kappa shape index (κ3) is 2.77. The van der Waals surface area contributed by atoms with Gasteiger partial charge in [0, 0.05) is 19.2 Å². The van der Waals surface area contributed by atoms with Crippen LogP contribution in [-0.2, 0) is 4.74 Å². The van der Waals surface area contributed by atoms with Gasteiger partial charge in [0.2, 0.25) is 0 Å². The van der Waals surface area contributed by atoms with Crippen LogP contribution in [0.3, 0.4) is 0 Å². The number of hydrogen-bond acceptors (Lipinski definition) is 3. The number of H-pyrrole nitrogens is 1. The SMILES string of the molecule is COCC(C)c1ncc(I)c(=O)[nH]1. The van der Waals surface area contributed by atoms with Crippen molar-refractivity contribution in [2.45, 2.75) is 12.8 Å². The van der Waals surface area contributed by atoms with Crippen LogP contribution in [0.15, 0.2) is 11.0 Å². The number of hydrogen-bond donors (Lipinski definition) is 1. The van der Waals surface area contributed by atoms with Crippen molar-refractivity contribution in [1.29, 1.82) is 0 Å². The first-order valence-corrected chi connectivity index (χ1v) is 4.96. The summed E-state index contributed by atoms with van der Waals surface area (Å²) in [6.07, 6.45) is 1.57. The van der Waals surface area contributed by atoms with Gasteiger partial charge in [-0.3, -0.25) is 4.79 Å². The molecular weight excluding hydrogens is 283 g/mol. The number of nitrogens with one attached hydrogen (secondary N) is 1. The van der Waals surface area contributed by atoms with Gasteiger partial charge >= 0.3 is 0 Å². The van der Waals surface area contributed by atoms with Gasteiger partial charge in [-0.1, -0.05) is 6.92 Å². The predicted molar refractivity (Wildman–Crippen MR) is 57.9 cm³/mol. The third-order valence-electron chi connectivity index (χ3n) is 1.66. The van der Waals surface area contributed by atoms with Gasteiger partial charge in [-0.2, -0.15) is 0 Å². The molecule has 0 radical (unpaired) electrons. The number of aromatic nitrogens is 2. The van der Waals surface area contributed by atoms with Crippen molar-refractivity contribution in [1.82, 2.24) is 9.97 Å². The number of halogens is 1. The van der Waals surface area contributed by atoms with E-state index in [-0.39, 0.29) is 11.5 Å². The van der Waals surface area contributed by atoms with Crippen molar-refractivity contribution in [2.75, 3.05) is 13.7 Å². The van der Waals surface area contributed by atoms with Crippen LogP contribution in [0.2, 0.25) is 0 Å². The Morgan fingerprint density at radius 1 is 1.77 bits per heavy atom. The van der Waals surface area contributed by atoms with Gasteiger partial charge in [0.05, 0.1) is 10.2 Å². The zero-order valence-electron chi connectivity index (χ0n) is 7.50. The molecule has 0 aliphatic heterocycles. The Balaban J connectivity index is 2.90. The normalized spacial score (nSPS) is 12.8. The Hall–Kier alpha value is -0.430. The maximum absolute atomic E-state index is 11.2. The van der Waals surface area contributed by atoms with Gasteiger partial charge in [0.1, 0.15) is 5.82 Å². The molecule has 0 saturated carbocycles. The Bertz CT molecular complexity index is 337. The molecule has 0 amide bonds. The smallest absolute Gasteiger partial charge is 0.264 e. The molecule has 1 unspecified atom stereocenters. The van der Waals surface area contributed by atoms with Crippen molar-refractivity contribution in [2.24, 2.45) is 0 Å². The monoisotopic (exact) mass is 294 g/mol. The summed E-state index contributed by atoms with van der Waals surface area (Å²) >= 11 is 1.95. The summed E-state index contributed by atoms with van der Waals surface area (Å²) < 4.78 is 5.57. The van der Waals surface area contributed by atoms with Gasteiger partial charge in [0.25, 0.3) is 5.56 Å². The highest BCUT2D eigenvalue weighted by Crippen LogP contribution is 2.08. The van der Waals surface area contributed by atoms with Gasteiger partial charge in [-0.25, -0.2) is 4.98 Å². The van der Waals surface area contributed by atoms with E-state index in [9.17, 15) is 4.79 Å². The van der Waals surface area contributed by atoms with E-state index >= 15 is 0 Å². The van der Waals surface area contributed by atoms with Crippen LogP contribution in [0.5, 0.6) is 0 Å². The Morgan fingerprint density at radius 2 is 2.46 bits per heavy atom. The van der Waals surface area contributed by atoms with Crippen LogP contribution in [0.25, 0.3) is 0 Å². The number of ether oxygens (including phenoxy) is 1. The zero-order valence-corrected chi connectivity index (χ0v) is 9.66. The second-order valence-corrected chi connectivity index (χ2v) is 3.96. The summed E-state index contributed by atoms with van der Waals surface area (Å²) in [5, 5.41) is 0. The van der Waals surface area contributed by atoms with Crippen molar-refractivity contribution < 1.29 is 4.74 Å². The van der Waals surface area contributed by atoms with Crippen LogP contribution in [0.4, 0.5) is 0 Å². The predicted octanol–water partition coefficient (Wildman–Crippen LogP) is 1.12. The molecule has 1 N–H and O–H groups in total. The van der Waals surface area contributed by atoms with Crippen molar-refractivity contribution in [3.8, 4) is 0 Å². The fourth-order valence-corrected chi connectivity index (χ4v) is 1.25. The van der Waals surface area contributed by atoms with E-state index in [1.807, 2.05) is 29.5 Å². The quantitative estimate of drug-likeness (QED) is 0.850. The van der Waals surface area contributed by atoms with Crippen molar-refractivity contribution in [3.05, 3.63) is 25.9 Å². The molecule has 0 aliphatic carbocycles. The van der Waals surface area contributed by atoms with E-state index < -0.39 is 0 Å².